The standard InChI is InChI=1S/C23H34FN5O.HI/c1-2-25-22(29-13-11-23(18-29)9-3-10-23)26-12-8-21(30)28-16-14-27(15-17-28)20-6-4-19(24)5-7-20;/h4-7H,2-3,8-18H2,1H3,(H,25,26);1H. The van der Waals surface area contributed by atoms with Crippen LogP contribution >= 0.6 is 24.0 Å². The second-order valence-corrected chi connectivity index (χ2v) is 8.86. The lowest BCUT2D eigenvalue weighted by Crippen LogP contribution is -2.49. The lowest BCUT2D eigenvalue weighted by Gasteiger charge is -2.38. The monoisotopic (exact) mass is 543 g/mol. The van der Waals surface area contributed by atoms with Gasteiger partial charge in [0, 0.05) is 57.9 Å². The highest BCUT2D eigenvalue weighted by Crippen LogP contribution is 2.47. The van der Waals surface area contributed by atoms with E-state index in [-0.39, 0.29) is 35.7 Å². The lowest BCUT2D eigenvalue weighted by atomic mass is 9.68. The number of anilines is 1. The third-order valence-corrected chi connectivity index (χ3v) is 6.90. The van der Waals surface area contributed by atoms with Crippen LogP contribution in [-0.2, 0) is 4.79 Å². The number of nitrogens with one attached hydrogen (secondary N) is 1. The molecule has 1 N–H and O–H groups in total. The van der Waals surface area contributed by atoms with Gasteiger partial charge >= 0.3 is 0 Å². The third kappa shape index (κ3) is 5.81. The molecule has 1 aromatic rings. The van der Waals surface area contributed by atoms with Crippen molar-refractivity contribution in [1.82, 2.24) is 15.1 Å². The van der Waals surface area contributed by atoms with Gasteiger partial charge in [-0.2, -0.15) is 0 Å². The number of guanidine groups is 1. The van der Waals surface area contributed by atoms with Crippen molar-refractivity contribution in [1.29, 1.82) is 0 Å². The van der Waals surface area contributed by atoms with Gasteiger partial charge in [-0.1, -0.05) is 6.42 Å². The van der Waals surface area contributed by atoms with Crippen molar-refractivity contribution >= 4 is 41.5 Å². The maximum atomic E-state index is 13.1. The molecule has 3 fully saturated rings. The molecule has 0 aromatic heterocycles. The zero-order chi connectivity index (χ0) is 21.0. The molecule has 31 heavy (non-hydrogen) atoms. The Hall–Kier alpha value is -1.58. The maximum absolute atomic E-state index is 13.1. The second-order valence-electron chi connectivity index (χ2n) is 8.86. The maximum Gasteiger partial charge on any atom is 0.224 e. The molecule has 6 nitrogen and oxygen atoms in total. The van der Waals surface area contributed by atoms with E-state index in [0.29, 0.717) is 31.5 Å². The Kier molecular flexibility index (Phi) is 8.41. The Bertz CT molecular complexity index is 760. The first-order valence-corrected chi connectivity index (χ1v) is 11.4. The summed E-state index contributed by atoms with van der Waals surface area (Å²) in [5, 5.41) is 3.41. The molecule has 1 aliphatic carbocycles. The molecular weight excluding hydrogens is 508 g/mol. The number of halogens is 2. The summed E-state index contributed by atoms with van der Waals surface area (Å²) in [5.74, 6) is 0.919. The van der Waals surface area contributed by atoms with Crippen molar-refractivity contribution in [3.8, 4) is 0 Å². The van der Waals surface area contributed by atoms with Crippen molar-refractivity contribution in [2.75, 3.05) is 57.3 Å². The number of hydrogen-bond acceptors (Lipinski definition) is 3. The summed E-state index contributed by atoms with van der Waals surface area (Å²) < 4.78 is 13.1. The number of likely N-dealkylation sites (tertiary alicyclic amines) is 1. The van der Waals surface area contributed by atoms with Gasteiger partial charge in [0.2, 0.25) is 5.91 Å². The summed E-state index contributed by atoms with van der Waals surface area (Å²) >= 11 is 0. The van der Waals surface area contributed by atoms with Crippen molar-refractivity contribution in [2.24, 2.45) is 10.4 Å². The molecule has 1 saturated carbocycles. The molecule has 0 unspecified atom stereocenters. The van der Waals surface area contributed by atoms with E-state index in [4.69, 9.17) is 4.99 Å². The van der Waals surface area contributed by atoms with Crippen molar-refractivity contribution in [3.63, 3.8) is 0 Å². The van der Waals surface area contributed by atoms with Crippen molar-refractivity contribution in [3.05, 3.63) is 30.1 Å². The molecule has 4 rings (SSSR count). The number of rotatable bonds is 5. The topological polar surface area (TPSA) is 51.2 Å². The normalized spacial score (nSPS) is 20.5. The Morgan fingerprint density at radius 3 is 2.35 bits per heavy atom. The molecular formula is C23H35FIN5O. The molecule has 0 radical (unpaired) electrons. The van der Waals surface area contributed by atoms with Crippen LogP contribution in [0.25, 0.3) is 0 Å². The molecule has 2 aliphatic heterocycles. The van der Waals surface area contributed by atoms with E-state index in [2.05, 4.69) is 22.0 Å². The van der Waals surface area contributed by atoms with Gasteiger partial charge in [0.15, 0.2) is 5.96 Å². The highest BCUT2D eigenvalue weighted by atomic mass is 127. The fourth-order valence-electron chi connectivity index (χ4n) is 4.91. The van der Waals surface area contributed by atoms with E-state index in [1.807, 2.05) is 4.90 Å². The minimum atomic E-state index is -0.221. The van der Waals surface area contributed by atoms with Gasteiger partial charge in [-0.3, -0.25) is 9.79 Å². The smallest absolute Gasteiger partial charge is 0.224 e. The zero-order valence-electron chi connectivity index (χ0n) is 18.5. The van der Waals surface area contributed by atoms with E-state index in [1.54, 1.807) is 12.1 Å². The highest BCUT2D eigenvalue weighted by molar-refractivity contribution is 14.0. The SMILES string of the molecule is CCNC(=NCCC(=O)N1CCN(c2ccc(F)cc2)CC1)N1CCC2(CCC2)C1.I. The Labute approximate surface area is 202 Å². The molecule has 172 valence electrons. The quantitative estimate of drug-likeness (QED) is 0.352. The first kappa shape index (κ1) is 24.1. The van der Waals surface area contributed by atoms with E-state index in [0.717, 1.165) is 44.4 Å². The van der Waals surface area contributed by atoms with Crippen LogP contribution in [0.4, 0.5) is 10.1 Å². The molecule has 1 aromatic carbocycles. The number of amides is 1. The molecule has 0 bridgehead atoms. The number of carbonyl (C=O) groups excluding carboxylic acids is 1. The van der Waals surface area contributed by atoms with Crippen LogP contribution in [-0.4, -0.2) is 74.0 Å². The van der Waals surface area contributed by atoms with Crippen LogP contribution in [0.3, 0.4) is 0 Å². The van der Waals surface area contributed by atoms with Gasteiger partial charge in [0.1, 0.15) is 5.82 Å². The Morgan fingerprint density at radius 2 is 1.77 bits per heavy atom. The van der Waals surface area contributed by atoms with E-state index >= 15 is 0 Å². The molecule has 0 atom stereocenters. The molecule has 2 heterocycles. The molecule has 8 heteroatoms. The first-order valence-electron chi connectivity index (χ1n) is 11.4. The van der Waals surface area contributed by atoms with Crippen molar-refractivity contribution in [2.45, 2.75) is 39.0 Å². The van der Waals surface area contributed by atoms with Gasteiger partial charge in [0.05, 0.1) is 6.54 Å². The van der Waals surface area contributed by atoms with Crippen LogP contribution in [0.1, 0.15) is 39.0 Å². The number of nitrogens with zero attached hydrogens (tertiary/aromatic N) is 4. The van der Waals surface area contributed by atoms with E-state index in [9.17, 15) is 9.18 Å². The fourth-order valence-corrected chi connectivity index (χ4v) is 4.91. The Morgan fingerprint density at radius 1 is 1.06 bits per heavy atom. The third-order valence-electron chi connectivity index (χ3n) is 6.90. The number of benzene rings is 1. The van der Waals surface area contributed by atoms with Crippen molar-refractivity contribution < 1.29 is 9.18 Å². The zero-order valence-corrected chi connectivity index (χ0v) is 20.8. The first-order chi connectivity index (χ1) is 14.6. The molecule has 3 aliphatic rings. The Balaban J connectivity index is 0.00000272. The van der Waals surface area contributed by atoms with Gasteiger partial charge in [-0.05, 0) is 55.9 Å². The number of piperazine rings is 1. The predicted molar refractivity (Wildman–Crippen MR) is 134 cm³/mol. The minimum absolute atomic E-state index is 0. The number of hydrogen-bond donors (Lipinski definition) is 1. The lowest BCUT2D eigenvalue weighted by molar-refractivity contribution is -0.131. The van der Waals surface area contributed by atoms with E-state index in [1.165, 1.54) is 37.8 Å². The summed E-state index contributed by atoms with van der Waals surface area (Å²) in [6.45, 7) is 8.62. The van der Waals surface area contributed by atoms with Gasteiger partial charge in [-0.25, -0.2) is 4.39 Å². The summed E-state index contributed by atoms with van der Waals surface area (Å²) in [5.41, 5.74) is 1.55. The molecule has 1 amide bonds. The van der Waals surface area contributed by atoms with Gasteiger partial charge in [-0.15, -0.1) is 24.0 Å². The number of carbonyl (C=O) groups is 1. The van der Waals surface area contributed by atoms with Gasteiger partial charge < -0.3 is 20.0 Å². The summed E-state index contributed by atoms with van der Waals surface area (Å²) in [7, 11) is 0. The summed E-state index contributed by atoms with van der Waals surface area (Å²) in [6, 6.07) is 6.58. The fraction of sp³-hybridized carbons (Fsp3) is 0.652. The molecule has 1 spiro atoms. The largest absolute Gasteiger partial charge is 0.368 e. The minimum Gasteiger partial charge on any atom is -0.368 e. The predicted octanol–water partition coefficient (Wildman–Crippen LogP) is 3.32. The van der Waals surface area contributed by atoms with Crippen LogP contribution in [0.2, 0.25) is 0 Å². The summed E-state index contributed by atoms with van der Waals surface area (Å²) in [6.07, 6.45) is 5.79. The van der Waals surface area contributed by atoms with E-state index < -0.39 is 0 Å². The van der Waals surface area contributed by atoms with Crippen LogP contribution in [0.5, 0.6) is 0 Å². The highest BCUT2D eigenvalue weighted by Gasteiger charge is 2.43. The molecule has 2 saturated heterocycles. The second kappa shape index (κ2) is 10.8. The van der Waals surface area contributed by atoms with Crippen LogP contribution < -0.4 is 10.2 Å². The average molecular weight is 543 g/mol. The number of aliphatic imine (C=N–C) groups is 1. The van der Waals surface area contributed by atoms with Crippen LogP contribution in [0.15, 0.2) is 29.3 Å². The average Bonchev–Trinajstić information content (AvgIpc) is 3.20. The van der Waals surface area contributed by atoms with Gasteiger partial charge in [0.25, 0.3) is 0 Å². The van der Waals surface area contributed by atoms with Crippen LogP contribution in [0, 0.1) is 11.2 Å². The summed E-state index contributed by atoms with van der Waals surface area (Å²) in [4.78, 5) is 23.9.